The highest BCUT2D eigenvalue weighted by Gasteiger charge is 2.25. The third-order valence-corrected chi connectivity index (χ3v) is 3.75. The fraction of sp³-hybridized carbons (Fsp3) is 0.600. The minimum Gasteiger partial charge on any atom is -0.497 e. The van der Waals surface area contributed by atoms with Crippen molar-refractivity contribution < 1.29 is 9.47 Å². The van der Waals surface area contributed by atoms with E-state index in [2.05, 4.69) is 24.2 Å². The van der Waals surface area contributed by atoms with E-state index in [1.165, 1.54) is 6.42 Å². The van der Waals surface area contributed by atoms with E-state index in [1.54, 1.807) is 7.11 Å². The summed E-state index contributed by atoms with van der Waals surface area (Å²) in [4.78, 5) is 2.39. The van der Waals surface area contributed by atoms with Crippen molar-refractivity contribution in [3.8, 4) is 11.5 Å². The van der Waals surface area contributed by atoms with E-state index in [1.807, 2.05) is 24.3 Å². The first kappa shape index (κ1) is 14.2. The number of methoxy groups -OCH3 is 1. The SMILES string of the molecule is COc1ccc(OCCN[C@H]2C[C@@H](C)N(C)C2)cc1. The lowest BCUT2D eigenvalue weighted by atomic mass is 10.2. The van der Waals surface area contributed by atoms with Crippen LogP contribution in [0.1, 0.15) is 13.3 Å². The van der Waals surface area contributed by atoms with Crippen LogP contribution in [-0.2, 0) is 0 Å². The van der Waals surface area contributed by atoms with Crippen molar-refractivity contribution in [1.29, 1.82) is 0 Å². The second kappa shape index (κ2) is 6.78. The number of nitrogens with zero attached hydrogens (tertiary/aromatic N) is 1. The Balaban J connectivity index is 1.64. The van der Waals surface area contributed by atoms with Gasteiger partial charge < -0.3 is 19.7 Å². The van der Waals surface area contributed by atoms with Gasteiger partial charge in [-0.1, -0.05) is 0 Å². The molecule has 0 bridgehead atoms. The monoisotopic (exact) mass is 264 g/mol. The smallest absolute Gasteiger partial charge is 0.119 e. The number of rotatable bonds is 6. The van der Waals surface area contributed by atoms with Gasteiger partial charge in [-0.3, -0.25) is 0 Å². The van der Waals surface area contributed by atoms with Crippen molar-refractivity contribution in [2.75, 3.05) is 33.9 Å². The Morgan fingerprint density at radius 2 is 1.95 bits per heavy atom. The molecule has 2 rings (SSSR count). The number of nitrogens with one attached hydrogen (secondary N) is 1. The highest BCUT2D eigenvalue weighted by atomic mass is 16.5. The molecule has 1 aliphatic heterocycles. The number of hydrogen-bond donors (Lipinski definition) is 1. The van der Waals surface area contributed by atoms with Crippen molar-refractivity contribution in [3.05, 3.63) is 24.3 Å². The lowest BCUT2D eigenvalue weighted by Crippen LogP contribution is -2.34. The van der Waals surface area contributed by atoms with Gasteiger partial charge in [-0.05, 0) is 44.7 Å². The van der Waals surface area contributed by atoms with Crippen molar-refractivity contribution in [2.45, 2.75) is 25.4 Å². The molecule has 1 heterocycles. The Morgan fingerprint density at radius 3 is 2.53 bits per heavy atom. The van der Waals surface area contributed by atoms with Crippen LogP contribution in [0.4, 0.5) is 0 Å². The molecule has 19 heavy (non-hydrogen) atoms. The van der Waals surface area contributed by atoms with Crippen LogP contribution in [0.2, 0.25) is 0 Å². The number of benzene rings is 1. The third-order valence-electron chi connectivity index (χ3n) is 3.75. The van der Waals surface area contributed by atoms with Gasteiger partial charge in [-0.15, -0.1) is 0 Å². The summed E-state index contributed by atoms with van der Waals surface area (Å²) >= 11 is 0. The first-order valence-electron chi connectivity index (χ1n) is 6.89. The molecule has 106 valence electrons. The Hall–Kier alpha value is -1.26. The maximum Gasteiger partial charge on any atom is 0.119 e. The number of ether oxygens (including phenoxy) is 2. The van der Waals surface area contributed by atoms with E-state index in [-0.39, 0.29) is 0 Å². The zero-order valence-electron chi connectivity index (χ0n) is 12.1. The average Bonchev–Trinajstić information content (AvgIpc) is 2.74. The van der Waals surface area contributed by atoms with Gasteiger partial charge in [-0.2, -0.15) is 0 Å². The lowest BCUT2D eigenvalue weighted by Gasteiger charge is -2.13. The van der Waals surface area contributed by atoms with Gasteiger partial charge in [-0.25, -0.2) is 0 Å². The average molecular weight is 264 g/mol. The Labute approximate surface area is 115 Å². The standard InChI is InChI=1S/C15H24N2O2/c1-12-10-13(11-17(12)2)16-8-9-19-15-6-4-14(18-3)5-7-15/h4-7,12-13,16H,8-11H2,1-3H3/t12-,13+/m1/s1. The predicted molar refractivity (Wildman–Crippen MR) is 77.0 cm³/mol. The molecule has 1 saturated heterocycles. The number of likely N-dealkylation sites (N-methyl/N-ethyl adjacent to an activating group) is 1. The molecular formula is C15H24N2O2. The van der Waals surface area contributed by atoms with E-state index in [4.69, 9.17) is 9.47 Å². The summed E-state index contributed by atoms with van der Waals surface area (Å²) in [7, 11) is 3.85. The van der Waals surface area contributed by atoms with Crippen molar-refractivity contribution >= 4 is 0 Å². The largest absolute Gasteiger partial charge is 0.497 e. The van der Waals surface area contributed by atoms with Gasteiger partial charge in [0.2, 0.25) is 0 Å². The highest BCUT2D eigenvalue weighted by Crippen LogP contribution is 2.17. The van der Waals surface area contributed by atoms with E-state index in [0.717, 1.165) is 24.6 Å². The van der Waals surface area contributed by atoms with Crippen LogP contribution >= 0.6 is 0 Å². The summed E-state index contributed by atoms with van der Waals surface area (Å²) < 4.78 is 10.8. The molecule has 1 aromatic rings. The maximum absolute atomic E-state index is 5.69. The van der Waals surface area contributed by atoms with E-state index < -0.39 is 0 Å². The molecule has 0 radical (unpaired) electrons. The maximum atomic E-state index is 5.69. The Morgan fingerprint density at radius 1 is 1.26 bits per heavy atom. The van der Waals surface area contributed by atoms with Crippen LogP contribution in [0.15, 0.2) is 24.3 Å². The summed E-state index contributed by atoms with van der Waals surface area (Å²) in [5, 5.41) is 3.54. The second-order valence-electron chi connectivity index (χ2n) is 5.20. The molecule has 0 saturated carbocycles. The van der Waals surface area contributed by atoms with E-state index >= 15 is 0 Å². The van der Waals surface area contributed by atoms with Crippen LogP contribution in [0.5, 0.6) is 11.5 Å². The zero-order chi connectivity index (χ0) is 13.7. The normalized spacial score (nSPS) is 23.5. The van der Waals surface area contributed by atoms with E-state index in [0.29, 0.717) is 18.7 Å². The van der Waals surface area contributed by atoms with Crippen molar-refractivity contribution in [3.63, 3.8) is 0 Å². The Kier molecular flexibility index (Phi) is 5.05. The van der Waals surface area contributed by atoms with Crippen LogP contribution in [-0.4, -0.2) is 50.8 Å². The summed E-state index contributed by atoms with van der Waals surface area (Å²) in [5.41, 5.74) is 0. The minimum absolute atomic E-state index is 0.597. The van der Waals surface area contributed by atoms with Gasteiger partial charge in [0.25, 0.3) is 0 Å². The van der Waals surface area contributed by atoms with Gasteiger partial charge in [0.05, 0.1) is 7.11 Å². The van der Waals surface area contributed by atoms with Crippen LogP contribution in [0.25, 0.3) is 0 Å². The molecule has 1 aromatic carbocycles. The molecule has 2 atom stereocenters. The lowest BCUT2D eigenvalue weighted by molar-refractivity contribution is 0.300. The first-order chi connectivity index (χ1) is 9.19. The van der Waals surface area contributed by atoms with Crippen LogP contribution in [0, 0.1) is 0 Å². The third kappa shape index (κ3) is 4.11. The molecule has 0 amide bonds. The van der Waals surface area contributed by atoms with Gasteiger partial charge >= 0.3 is 0 Å². The van der Waals surface area contributed by atoms with Crippen LogP contribution < -0.4 is 14.8 Å². The van der Waals surface area contributed by atoms with Crippen molar-refractivity contribution in [2.24, 2.45) is 0 Å². The quantitative estimate of drug-likeness (QED) is 0.794. The molecule has 4 heteroatoms. The molecule has 1 aliphatic rings. The van der Waals surface area contributed by atoms with Gasteiger partial charge in [0.1, 0.15) is 18.1 Å². The number of likely N-dealkylation sites (tertiary alicyclic amines) is 1. The molecule has 0 spiro atoms. The molecule has 0 aromatic heterocycles. The fourth-order valence-corrected chi connectivity index (χ4v) is 2.45. The fourth-order valence-electron chi connectivity index (χ4n) is 2.45. The highest BCUT2D eigenvalue weighted by molar-refractivity contribution is 5.31. The Bertz CT molecular complexity index is 370. The molecule has 0 unspecified atom stereocenters. The summed E-state index contributed by atoms with van der Waals surface area (Å²) in [6, 6.07) is 8.97. The summed E-state index contributed by atoms with van der Waals surface area (Å²) in [6.45, 7) is 4.98. The van der Waals surface area contributed by atoms with Crippen molar-refractivity contribution in [1.82, 2.24) is 10.2 Å². The zero-order valence-corrected chi connectivity index (χ0v) is 12.1. The minimum atomic E-state index is 0.597. The topological polar surface area (TPSA) is 33.7 Å². The van der Waals surface area contributed by atoms with Gasteiger partial charge in [0, 0.05) is 25.2 Å². The molecule has 0 aliphatic carbocycles. The molecular weight excluding hydrogens is 240 g/mol. The molecule has 1 N–H and O–H groups in total. The molecule has 1 fully saturated rings. The number of hydrogen-bond acceptors (Lipinski definition) is 4. The summed E-state index contributed by atoms with van der Waals surface area (Å²) in [6.07, 6.45) is 1.22. The van der Waals surface area contributed by atoms with Gasteiger partial charge in [0.15, 0.2) is 0 Å². The summed E-state index contributed by atoms with van der Waals surface area (Å²) in [5.74, 6) is 1.74. The second-order valence-corrected chi connectivity index (χ2v) is 5.20. The first-order valence-corrected chi connectivity index (χ1v) is 6.89. The van der Waals surface area contributed by atoms with Crippen LogP contribution in [0.3, 0.4) is 0 Å². The predicted octanol–water partition coefficient (Wildman–Crippen LogP) is 1.76. The van der Waals surface area contributed by atoms with E-state index in [9.17, 15) is 0 Å². The molecule has 4 nitrogen and oxygen atoms in total.